The summed E-state index contributed by atoms with van der Waals surface area (Å²) in [4.78, 5) is 3.94. The summed E-state index contributed by atoms with van der Waals surface area (Å²) in [7, 11) is -4.57. The summed E-state index contributed by atoms with van der Waals surface area (Å²) in [5.41, 5.74) is 5.85. The van der Waals surface area contributed by atoms with Crippen LogP contribution in [0.4, 0.5) is 17.6 Å². The van der Waals surface area contributed by atoms with Crippen molar-refractivity contribution in [3.05, 3.63) is 88.8 Å². The molecular weight excluding hydrogens is 520 g/mol. The number of alkyl halides is 3. The number of allylic oxidation sites excluding steroid dienone is 1. The molecule has 0 saturated carbocycles. The number of sulfonamides is 1. The molecule has 2 aliphatic carbocycles. The van der Waals surface area contributed by atoms with Crippen LogP contribution in [0.3, 0.4) is 0 Å². The Kier molecular flexibility index (Phi) is 7.17. The van der Waals surface area contributed by atoms with E-state index >= 15 is 0 Å². The fourth-order valence-electron chi connectivity index (χ4n) is 5.77. The van der Waals surface area contributed by atoms with E-state index in [1.807, 2.05) is 6.92 Å². The van der Waals surface area contributed by atoms with E-state index in [1.54, 1.807) is 47.5 Å². The maximum absolute atomic E-state index is 13.4. The lowest BCUT2D eigenvalue weighted by Crippen LogP contribution is -2.42. The first kappa shape index (κ1) is 26.6. The standard InChI is InChI=1S/C27H28F4N4O2S/c1-18-24-15-33-35(23-6-4-22(28)5-7-23)25(24)14-20-2-3-21(26(18)20)16-34(38(36,37)17-27(29,30)31)13-10-19-8-11-32-12-9-19/h4-9,11-12,15,18,21H,2-3,10,13-14,16-17H2,1H3/t18-,21+/m0/s1. The zero-order valence-electron chi connectivity index (χ0n) is 20.8. The minimum atomic E-state index is -4.82. The molecule has 38 heavy (non-hydrogen) atoms. The van der Waals surface area contributed by atoms with Crippen LogP contribution in [0, 0.1) is 11.7 Å². The van der Waals surface area contributed by atoms with E-state index in [-0.39, 0.29) is 30.7 Å². The Morgan fingerprint density at radius 1 is 1.11 bits per heavy atom. The first-order valence-electron chi connectivity index (χ1n) is 12.5. The molecule has 3 aromatic rings. The monoisotopic (exact) mass is 548 g/mol. The predicted molar refractivity (Wildman–Crippen MR) is 135 cm³/mol. The van der Waals surface area contributed by atoms with Gasteiger partial charge in [0, 0.05) is 43.4 Å². The molecule has 2 heterocycles. The van der Waals surface area contributed by atoms with Gasteiger partial charge in [-0.2, -0.15) is 18.3 Å². The molecule has 5 rings (SSSR count). The number of benzene rings is 1. The minimum absolute atomic E-state index is 0.00804. The van der Waals surface area contributed by atoms with Gasteiger partial charge in [0.05, 0.1) is 17.6 Å². The highest BCUT2D eigenvalue weighted by atomic mass is 32.2. The van der Waals surface area contributed by atoms with Crippen molar-refractivity contribution in [3.8, 4) is 5.69 Å². The second-order valence-electron chi connectivity index (χ2n) is 9.96. The maximum atomic E-state index is 13.4. The zero-order chi connectivity index (χ0) is 27.1. The largest absolute Gasteiger partial charge is 0.404 e. The van der Waals surface area contributed by atoms with E-state index in [9.17, 15) is 26.0 Å². The molecule has 0 amide bonds. The van der Waals surface area contributed by atoms with Crippen LogP contribution < -0.4 is 0 Å². The van der Waals surface area contributed by atoms with E-state index < -0.39 is 22.0 Å². The lowest BCUT2D eigenvalue weighted by molar-refractivity contribution is -0.107. The van der Waals surface area contributed by atoms with Crippen molar-refractivity contribution in [2.45, 2.75) is 44.7 Å². The SMILES string of the molecule is C[C@@H]1C2=C(CC[C@@H]2CN(CCc2ccncc2)S(=O)(=O)CC(F)(F)F)Cc2c1cnn2-c1ccc(F)cc1. The third kappa shape index (κ3) is 5.54. The van der Waals surface area contributed by atoms with Crippen LogP contribution in [0.1, 0.15) is 42.5 Å². The fourth-order valence-corrected chi connectivity index (χ4v) is 7.14. The molecule has 2 aromatic heterocycles. The number of pyridine rings is 1. The highest BCUT2D eigenvalue weighted by molar-refractivity contribution is 7.89. The molecule has 0 radical (unpaired) electrons. The van der Waals surface area contributed by atoms with Gasteiger partial charge >= 0.3 is 6.18 Å². The van der Waals surface area contributed by atoms with Crippen LogP contribution >= 0.6 is 0 Å². The molecule has 6 nitrogen and oxygen atoms in total. The molecule has 2 aliphatic rings. The average Bonchev–Trinajstić information content (AvgIpc) is 3.46. The van der Waals surface area contributed by atoms with Crippen molar-refractivity contribution in [2.75, 3.05) is 18.8 Å². The van der Waals surface area contributed by atoms with Gasteiger partial charge in [-0.05, 0) is 67.1 Å². The number of halogens is 4. The summed E-state index contributed by atoms with van der Waals surface area (Å²) in [5.74, 6) is -2.44. The number of nitrogens with zero attached hydrogens (tertiary/aromatic N) is 4. The summed E-state index contributed by atoms with van der Waals surface area (Å²) < 4.78 is 81.7. The molecule has 202 valence electrons. The van der Waals surface area contributed by atoms with Gasteiger partial charge in [-0.1, -0.05) is 18.1 Å². The van der Waals surface area contributed by atoms with E-state index in [2.05, 4.69) is 10.1 Å². The zero-order valence-corrected chi connectivity index (χ0v) is 21.6. The van der Waals surface area contributed by atoms with Crippen molar-refractivity contribution < 1.29 is 26.0 Å². The van der Waals surface area contributed by atoms with Crippen LogP contribution in [0.25, 0.3) is 5.69 Å². The summed E-state index contributed by atoms with van der Waals surface area (Å²) in [6.07, 6.45) is 2.45. The van der Waals surface area contributed by atoms with Gasteiger partial charge < -0.3 is 0 Å². The summed E-state index contributed by atoms with van der Waals surface area (Å²) in [6.45, 7) is 2.01. The Hall–Kier alpha value is -3.05. The first-order chi connectivity index (χ1) is 18.0. The van der Waals surface area contributed by atoms with Crippen molar-refractivity contribution in [2.24, 2.45) is 5.92 Å². The third-order valence-electron chi connectivity index (χ3n) is 7.49. The Bertz CT molecular complexity index is 1430. The van der Waals surface area contributed by atoms with Crippen LogP contribution in [0.2, 0.25) is 0 Å². The third-order valence-corrected chi connectivity index (χ3v) is 9.30. The fraction of sp³-hybridized carbons (Fsp3) is 0.407. The van der Waals surface area contributed by atoms with Crippen molar-refractivity contribution in [3.63, 3.8) is 0 Å². The second-order valence-corrected chi connectivity index (χ2v) is 11.9. The van der Waals surface area contributed by atoms with Crippen molar-refractivity contribution >= 4 is 10.0 Å². The van der Waals surface area contributed by atoms with Crippen LogP contribution in [0.5, 0.6) is 0 Å². The molecule has 2 atom stereocenters. The molecule has 0 aliphatic heterocycles. The number of hydrogen-bond donors (Lipinski definition) is 0. The molecule has 0 N–H and O–H groups in total. The molecule has 11 heteroatoms. The Morgan fingerprint density at radius 3 is 2.50 bits per heavy atom. The molecule has 1 aromatic carbocycles. The predicted octanol–water partition coefficient (Wildman–Crippen LogP) is 5.21. The van der Waals surface area contributed by atoms with E-state index in [1.165, 1.54) is 17.7 Å². The van der Waals surface area contributed by atoms with Gasteiger partial charge in [0.25, 0.3) is 0 Å². The molecular formula is C27H28F4N4O2S. The van der Waals surface area contributed by atoms with Crippen LogP contribution in [-0.4, -0.2) is 52.5 Å². The normalized spacial score (nSPS) is 19.6. The van der Waals surface area contributed by atoms with Gasteiger partial charge in [-0.3, -0.25) is 4.98 Å². The molecule has 0 fully saturated rings. The maximum Gasteiger partial charge on any atom is 0.404 e. The van der Waals surface area contributed by atoms with Gasteiger partial charge in [-0.15, -0.1) is 0 Å². The van der Waals surface area contributed by atoms with Crippen molar-refractivity contribution in [1.29, 1.82) is 0 Å². The minimum Gasteiger partial charge on any atom is -0.265 e. The molecule has 0 spiro atoms. The molecule has 0 bridgehead atoms. The van der Waals surface area contributed by atoms with Gasteiger partial charge in [0.1, 0.15) is 5.82 Å². The van der Waals surface area contributed by atoms with Gasteiger partial charge in [0.2, 0.25) is 10.0 Å². The summed E-state index contributed by atoms with van der Waals surface area (Å²) in [6, 6.07) is 9.56. The number of rotatable bonds is 8. The van der Waals surface area contributed by atoms with E-state index in [0.29, 0.717) is 19.3 Å². The smallest absolute Gasteiger partial charge is 0.265 e. The van der Waals surface area contributed by atoms with E-state index in [4.69, 9.17) is 0 Å². The van der Waals surface area contributed by atoms with E-state index in [0.717, 1.165) is 38.8 Å². The Morgan fingerprint density at radius 2 is 1.82 bits per heavy atom. The highest BCUT2D eigenvalue weighted by Gasteiger charge is 2.42. The lowest BCUT2D eigenvalue weighted by Gasteiger charge is -2.31. The van der Waals surface area contributed by atoms with Gasteiger partial charge in [-0.25, -0.2) is 21.8 Å². The second kappa shape index (κ2) is 10.3. The van der Waals surface area contributed by atoms with Crippen LogP contribution in [-0.2, 0) is 22.9 Å². The first-order valence-corrected chi connectivity index (χ1v) is 14.1. The molecule has 0 saturated heterocycles. The highest BCUT2D eigenvalue weighted by Crippen LogP contribution is 2.47. The molecule has 0 unspecified atom stereocenters. The Balaban J connectivity index is 1.40. The number of aromatic nitrogens is 3. The summed E-state index contributed by atoms with van der Waals surface area (Å²) in [5, 5.41) is 4.54. The quantitative estimate of drug-likeness (QED) is 0.286. The Labute approximate surface area is 219 Å². The number of hydrogen-bond acceptors (Lipinski definition) is 4. The number of fused-ring (bicyclic) bond motifs is 1. The average molecular weight is 549 g/mol. The lowest BCUT2D eigenvalue weighted by atomic mass is 9.80. The van der Waals surface area contributed by atoms with Crippen LogP contribution in [0.15, 0.2) is 66.1 Å². The summed E-state index contributed by atoms with van der Waals surface area (Å²) >= 11 is 0. The topological polar surface area (TPSA) is 68.1 Å². The van der Waals surface area contributed by atoms with Gasteiger partial charge in [0.15, 0.2) is 5.75 Å². The van der Waals surface area contributed by atoms with Crippen molar-refractivity contribution in [1.82, 2.24) is 19.1 Å².